The van der Waals surface area contributed by atoms with Crippen LogP contribution in [0.25, 0.3) is 10.8 Å². The van der Waals surface area contributed by atoms with Gasteiger partial charge in [0, 0.05) is 14.9 Å². The molecule has 0 bridgehead atoms. The molecule has 2 aromatic rings. The Morgan fingerprint density at radius 3 is 2.45 bits per heavy atom. The van der Waals surface area contributed by atoms with E-state index in [4.69, 9.17) is 0 Å². The Balaban J connectivity index is 2.63. The van der Waals surface area contributed by atoms with Crippen LogP contribution >= 0.6 is 27.7 Å². The molecule has 0 spiro atoms. The van der Waals surface area contributed by atoms with Gasteiger partial charge < -0.3 is 0 Å². The van der Waals surface area contributed by atoms with Crippen molar-refractivity contribution < 1.29 is 18.0 Å². The molecule has 0 amide bonds. The minimum absolute atomic E-state index is 0.279. The summed E-state index contributed by atoms with van der Waals surface area (Å²) in [6, 6.07) is 8.44. The molecule has 1 nitrogen and oxygen atoms in total. The second-order valence-electron chi connectivity index (χ2n) is 4.81. The summed E-state index contributed by atoms with van der Waals surface area (Å²) in [7, 11) is 0. The molecular formula is C16H14BrF3OS. The summed E-state index contributed by atoms with van der Waals surface area (Å²) in [6.07, 6.45) is -3.04. The number of rotatable bonds is 5. The largest absolute Gasteiger partial charge is 0.454 e. The Bertz CT molecular complexity index is 698. The van der Waals surface area contributed by atoms with Crippen molar-refractivity contribution in [1.82, 2.24) is 0 Å². The number of carbonyl (C=O) groups excluding carboxylic acids is 1. The maximum atomic E-state index is 12.9. The van der Waals surface area contributed by atoms with Gasteiger partial charge in [-0.25, -0.2) is 0 Å². The maximum absolute atomic E-state index is 12.9. The smallest absolute Gasteiger partial charge is 0.284 e. The van der Waals surface area contributed by atoms with E-state index in [2.05, 4.69) is 15.9 Å². The van der Waals surface area contributed by atoms with Crippen molar-refractivity contribution in [2.24, 2.45) is 0 Å². The van der Waals surface area contributed by atoms with Crippen LogP contribution in [0, 0.1) is 0 Å². The number of alkyl halides is 3. The summed E-state index contributed by atoms with van der Waals surface area (Å²) < 4.78 is 39.1. The maximum Gasteiger partial charge on any atom is 0.454 e. The first kappa shape index (κ1) is 17.3. The summed E-state index contributed by atoms with van der Waals surface area (Å²) in [4.78, 5) is 12.2. The van der Waals surface area contributed by atoms with Gasteiger partial charge in [0.25, 0.3) is 5.78 Å². The van der Waals surface area contributed by atoms with Crippen molar-refractivity contribution in [2.45, 2.75) is 30.8 Å². The van der Waals surface area contributed by atoms with E-state index in [1.54, 1.807) is 12.1 Å². The molecule has 0 saturated carbocycles. The zero-order valence-corrected chi connectivity index (χ0v) is 14.2. The number of hydrogen-bond acceptors (Lipinski definition) is 2. The summed E-state index contributed by atoms with van der Waals surface area (Å²) in [5, 5.41) is 1.48. The first-order valence-electron chi connectivity index (χ1n) is 6.81. The molecule has 2 rings (SSSR count). The monoisotopic (exact) mass is 390 g/mol. The number of unbranched alkanes of at least 4 members (excludes halogenated alkanes) is 1. The Hall–Kier alpha value is -1.01. The number of Topliss-reactive ketones (excluding diaryl/α,β-unsaturated/α-hetero) is 1. The Morgan fingerprint density at radius 1 is 1.23 bits per heavy atom. The first-order chi connectivity index (χ1) is 10.4. The molecule has 0 aromatic heterocycles. The van der Waals surface area contributed by atoms with Crippen LogP contribution < -0.4 is 0 Å². The highest BCUT2D eigenvalue weighted by molar-refractivity contribution is 9.10. The highest BCUT2D eigenvalue weighted by Crippen LogP contribution is 2.38. The van der Waals surface area contributed by atoms with Gasteiger partial charge in [-0.15, -0.1) is 11.8 Å². The molecule has 6 heteroatoms. The number of carbonyl (C=O) groups is 1. The van der Waals surface area contributed by atoms with Gasteiger partial charge in [0.15, 0.2) is 0 Å². The zero-order chi connectivity index (χ0) is 16.3. The summed E-state index contributed by atoms with van der Waals surface area (Å²) in [5.41, 5.74) is -0.279. The topological polar surface area (TPSA) is 17.1 Å². The zero-order valence-electron chi connectivity index (χ0n) is 11.8. The van der Waals surface area contributed by atoms with E-state index in [0.29, 0.717) is 20.5 Å². The highest BCUT2D eigenvalue weighted by atomic mass is 79.9. The average Bonchev–Trinajstić information content (AvgIpc) is 2.48. The third-order valence-electron chi connectivity index (χ3n) is 3.19. The van der Waals surface area contributed by atoms with Crippen LogP contribution in [0.3, 0.4) is 0 Å². The lowest BCUT2D eigenvalue weighted by molar-refractivity contribution is -0.0886. The van der Waals surface area contributed by atoms with E-state index in [0.717, 1.165) is 18.2 Å². The molecule has 0 aliphatic heterocycles. The van der Waals surface area contributed by atoms with Gasteiger partial charge in [-0.3, -0.25) is 4.79 Å². The third kappa shape index (κ3) is 3.66. The van der Waals surface area contributed by atoms with Crippen molar-refractivity contribution in [2.75, 3.05) is 5.75 Å². The molecular weight excluding hydrogens is 377 g/mol. The number of ketones is 1. The summed E-state index contributed by atoms with van der Waals surface area (Å²) in [5.74, 6) is -1.11. The van der Waals surface area contributed by atoms with Crippen LogP contribution in [0.2, 0.25) is 0 Å². The molecule has 0 aliphatic carbocycles. The van der Waals surface area contributed by atoms with Crippen molar-refractivity contribution in [3.05, 3.63) is 40.4 Å². The van der Waals surface area contributed by atoms with E-state index in [1.165, 1.54) is 17.8 Å². The van der Waals surface area contributed by atoms with E-state index < -0.39 is 12.0 Å². The summed E-state index contributed by atoms with van der Waals surface area (Å²) >= 11 is 4.58. The molecule has 0 atom stereocenters. The Kier molecular flexibility index (Phi) is 5.55. The lowest BCUT2D eigenvalue weighted by Crippen LogP contribution is -2.23. The van der Waals surface area contributed by atoms with E-state index in [1.807, 2.05) is 19.1 Å². The van der Waals surface area contributed by atoms with Crippen LogP contribution in [0.15, 0.2) is 39.7 Å². The van der Waals surface area contributed by atoms with E-state index in [9.17, 15) is 18.0 Å². The van der Waals surface area contributed by atoms with Crippen molar-refractivity contribution in [3.63, 3.8) is 0 Å². The molecule has 0 fully saturated rings. The predicted molar refractivity (Wildman–Crippen MR) is 87.7 cm³/mol. The van der Waals surface area contributed by atoms with Crippen molar-refractivity contribution in [1.29, 1.82) is 0 Å². The highest BCUT2D eigenvalue weighted by Gasteiger charge is 2.41. The SMILES string of the molecule is CCCCSc1c(C(=O)C(F)(F)F)cc(Br)c2ccccc12. The molecule has 0 aliphatic rings. The van der Waals surface area contributed by atoms with Gasteiger partial charge in [0.05, 0.1) is 0 Å². The van der Waals surface area contributed by atoms with Gasteiger partial charge >= 0.3 is 6.18 Å². The van der Waals surface area contributed by atoms with Crippen LogP contribution in [0.5, 0.6) is 0 Å². The molecule has 0 N–H and O–H groups in total. The number of halogens is 4. The molecule has 2 aromatic carbocycles. The van der Waals surface area contributed by atoms with Crippen LogP contribution in [-0.4, -0.2) is 17.7 Å². The third-order valence-corrected chi connectivity index (χ3v) is 5.07. The number of fused-ring (bicyclic) bond motifs is 1. The lowest BCUT2D eigenvalue weighted by Gasteiger charge is -2.14. The standard InChI is InChI=1S/C16H14BrF3OS/c1-2-3-8-22-14-11-7-5-4-6-10(11)13(17)9-12(14)15(21)16(18,19)20/h4-7,9H,2-3,8H2,1H3. The van der Waals surface area contributed by atoms with Crippen molar-refractivity contribution >= 4 is 44.2 Å². The number of benzene rings is 2. The fraction of sp³-hybridized carbons (Fsp3) is 0.312. The minimum Gasteiger partial charge on any atom is -0.284 e. The Morgan fingerprint density at radius 2 is 1.86 bits per heavy atom. The molecule has 0 saturated heterocycles. The van der Waals surface area contributed by atoms with Gasteiger partial charge in [-0.1, -0.05) is 53.5 Å². The molecule has 0 radical (unpaired) electrons. The second kappa shape index (κ2) is 7.04. The van der Waals surface area contributed by atoms with E-state index in [-0.39, 0.29) is 5.56 Å². The van der Waals surface area contributed by atoms with Gasteiger partial charge in [0.1, 0.15) is 0 Å². The van der Waals surface area contributed by atoms with Crippen LogP contribution in [-0.2, 0) is 0 Å². The van der Waals surface area contributed by atoms with Crippen molar-refractivity contribution in [3.8, 4) is 0 Å². The molecule has 118 valence electrons. The fourth-order valence-electron chi connectivity index (χ4n) is 2.10. The number of hydrogen-bond donors (Lipinski definition) is 0. The minimum atomic E-state index is -4.87. The fourth-order valence-corrected chi connectivity index (χ4v) is 3.95. The van der Waals surface area contributed by atoms with Gasteiger partial charge in [-0.05, 0) is 29.0 Å². The average molecular weight is 391 g/mol. The van der Waals surface area contributed by atoms with Gasteiger partial charge in [0.2, 0.25) is 0 Å². The number of thioether (sulfide) groups is 1. The Labute approximate surface area is 139 Å². The van der Waals surface area contributed by atoms with Gasteiger partial charge in [-0.2, -0.15) is 13.2 Å². The molecule has 0 unspecified atom stereocenters. The first-order valence-corrected chi connectivity index (χ1v) is 8.59. The molecule has 0 heterocycles. The quantitative estimate of drug-likeness (QED) is 0.341. The van der Waals surface area contributed by atoms with Crippen LogP contribution in [0.4, 0.5) is 13.2 Å². The second-order valence-corrected chi connectivity index (χ2v) is 6.77. The normalized spacial score (nSPS) is 11.9. The molecule has 22 heavy (non-hydrogen) atoms. The summed E-state index contributed by atoms with van der Waals surface area (Å²) in [6.45, 7) is 2.02. The van der Waals surface area contributed by atoms with E-state index >= 15 is 0 Å². The predicted octanol–water partition coefficient (Wildman–Crippen LogP) is 6.24. The van der Waals surface area contributed by atoms with Crippen LogP contribution in [0.1, 0.15) is 30.1 Å². The lowest BCUT2D eigenvalue weighted by atomic mass is 10.0.